The first kappa shape index (κ1) is 11.2. The van der Waals surface area contributed by atoms with E-state index in [1.54, 1.807) is 6.07 Å². The number of nitrogens with one attached hydrogen (secondary N) is 1. The van der Waals surface area contributed by atoms with Crippen molar-refractivity contribution >= 4 is 11.3 Å². The zero-order chi connectivity index (χ0) is 11.5. The van der Waals surface area contributed by atoms with Gasteiger partial charge in [-0.1, -0.05) is 12.1 Å². The Balaban J connectivity index is 2.39. The van der Waals surface area contributed by atoms with E-state index in [0.717, 1.165) is 23.1 Å². The molecule has 0 amide bonds. The molecule has 0 saturated carbocycles. The lowest BCUT2D eigenvalue weighted by atomic mass is 10.1. The van der Waals surface area contributed by atoms with Crippen LogP contribution in [0.25, 0.3) is 11.1 Å². The molecule has 2 rings (SSSR count). The molecule has 1 aromatic heterocycles. The molecule has 84 valence electrons. The molecule has 0 spiro atoms. The number of benzene rings is 1. The summed E-state index contributed by atoms with van der Waals surface area (Å²) in [5, 5.41) is 4.86. The normalized spacial score (nSPS) is 10.7. The minimum absolute atomic E-state index is 0.318. The number of thiophene rings is 1. The Hall–Kier alpha value is -1.26. The Labute approximate surface area is 96.7 Å². The Morgan fingerprint density at radius 3 is 2.88 bits per heavy atom. The Morgan fingerprint density at radius 1 is 1.31 bits per heavy atom. The van der Waals surface area contributed by atoms with Gasteiger partial charge in [-0.25, -0.2) is 8.78 Å². The minimum atomic E-state index is -0.807. The zero-order valence-electron chi connectivity index (χ0n) is 8.76. The number of hydrogen-bond acceptors (Lipinski definition) is 2. The fourth-order valence-corrected chi connectivity index (χ4v) is 2.41. The molecule has 1 N–H and O–H groups in total. The molecule has 0 atom stereocenters. The molecule has 0 bridgehead atoms. The van der Waals surface area contributed by atoms with E-state index in [9.17, 15) is 8.78 Å². The first-order valence-corrected chi connectivity index (χ1v) is 5.76. The van der Waals surface area contributed by atoms with Crippen LogP contribution in [0.2, 0.25) is 0 Å². The fourth-order valence-electron chi connectivity index (χ4n) is 1.52. The molecular formula is C12H11F2NS. The lowest BCUT2D eigenvalue weighted by molar-refractivity contribution is 0.511. The van der Waals surface area contributed by atoms with Crippen LogP contribution in [0, 0.1) is 11.6 Å². The molecule has 1 nitrogen and oxygen atoms in total. The smallest absolute Gasteiger partial charge is 0.166 e. The molecule has 0 aliphatic heterocycles. The molecular weight excluding hydrogens is 228 g/mol. The SMILES string of the molecule is CNCc1cc(-c2cccc(F)c2F)cs1. The van der Waals surface area contributed by atoms with Crippen LogP contribution in [0.1, 0.15) is 4.88 Å². The summed E-state index contributed by atoms with van der Waals surface area (Å²) in [5.74, 6) is -1.59. The highest BCUT2D eigenvalue weighted by atomic mass is 32.1. The van der Waals surface area contributed by atoms with Crippen molar-refractivity contribution in [3.63, 3.8) is 0 Å². The average Bonchev–Trinajstić information content (AvgIpc) is 2.71. The van der Waals surface area contributed by atoms with Crippen LogP contribution < -0.4 is 5.32 Å². The van der Waals surface area contributed by atoms with Gasteiger partial charge in [-0.3, -0.25) is 0 Å². The van der Waals surface area contributed by atoms with Crippen molar-refractivity contribution in [1.82, 2.24) is 5.32 Å². The first-order valence-electron chi connectivity index (χ1n) is 4.88. The third-order valence-corrected chi connectivity index (χ3v) is 3.20. The molecule has 2 aromatic rings. The van der Waals surface area contributed by atoms with E-state index >= 15 is 0 Å². The van der Waals surface area contributed by atoms with Gasteiger partial charge < -0.3 is 5.32 Å². The number of rotatable bonds is 3. The molecule has 0 unspecified atom stereocenters. The van der Waals surface area contributed by atoms with Gasteiger partial charge in [-0.05, 0) is 30.1 Å². The maximum absolute atomic E-state index is 13.5. The monoisotopic (exact) mass is 239 g/mol. The van der Waals surface area contributed by atoms with Crippen LogP contribution >= 0.6 is 11.3 Å². The van der Waals surface area contributed by atoms with E-state index in [1.807, 2.05) is 18.5 Å². The van der Waals surface area contributed by atoms with Crippen molar-refractivity contribution in [3.05, 3.63) is 46.2 Å². The van der Waals surface area contributed by atoms with E-state index in [1.165, 1.54) is 17.4 Å². The predicted molar refractivity (Wildman–Crippen MR) is 62.4 cm³/mol. The molecule has 0 aliphatic carbocycles. The van der Waals surface area contributed by atoms with Gasteiger partial charge in [0.15, 0.2) is 11.6 Å². The summed E-state index contributed by atoms with van der Waals surface area (Å²) in [5.41, 5.74) is 1.05. The molecule has 16 heavy (non-hydrogen) atoms. The topological polar surface area (TPSA) is 12.0 Å². The molecule has 0 aliphatic rings. The summed E-state index contributed by atoms with van der Waals surface area (Å²) in [7, 11) is 1.85. The van der Waals surface area contributed by atoms with Gasteiger partial charge in [0.1, 0.15) is 0 Å². The summed E-state index contributed by atoms with van der Waals surface area (Å²) in [6.45, 7) is 0.738. The molecule has 0 radical (unpaired) electrons. The van der Waals surface area contributed by atoms with Gasteiger partial charge in [0.2, 0.25) is 0 Å². The lowest BCUT2D eigenvalue weighted by Gasteiger charge is -2.00. The van der Waals surface area contributed by atoms with Crippen LogP contribution in [0.4, 0.5) is 8.78 Å². The minimum Gasteiger partial charge on any atom is -0.315 e. The van der Waals surface area contributed by atoms with Crippen LogP contribution in [-0.4, -0.2) is 7.05 Å². The maximum Gasteiger partial charge on any atom is 0.166 e. The molecule has 1 heterocycles. The third-order valence-electron chi connectivity index (χ3n) is 2.27. The van der Waals surface area contributed by atoms with Gasteiger partial charge in [0.25, 0.3) is 0 Å². The van der Waals surface area contributed by atoms with E-state index < -0.39 is 11.6 Å². The quantitative estimate of drug-likeness (QED) is 0.865. The van der Waals surface area contributed by atoms with Gasteiger partial charge in [-0.2, -0.15) is 0 Å². The second-order valence-electron chi connectivity index (χ2n) is 3.43. The van der Waals surface area contributed by atoms with Crippen molar-refractivity contribution in [2.75, 3.05) is 7.05 Å². The summed E-state index contributed by atoms with van der Waals surface area (Å²) >= 11 is 1.53. The van der Waals surface area contributed by atoms with Crippen molar-refractivity contribution in [2.24, 2.45) is 0 Å². The lowest BCUT2D eigenvalue weighted by Crippen LogP contribution is -2.02. The van der Waals surface area contributed by atoms with Crippen LogP contribution in [0.5, 0.6) is 0 Å². The van der Waals surface area contributed by atoms with Gasteiger partial charge in [0, 0.05) is 17.0 Å². The van der Waals surface area contributed by atoms with E-state index in [4.69, 9.17) is 0 Å². The van der Waals surface area contributed by atoms with E-state index in [-0.39, 0.29) is 0 Å². The van der Waals surface area contributed by atoms with Gasteiger partial charge in [0.05, 0.1) is 0 Å². The fraction of sp³-hybridized carbons (Fsp3) is 0.167. The largest absolute Gasteiger partial charge is 0.315 e. The molecule has 0 saturated heterocycles. The number of hydrogen-bond donors (Lipinski definition) is 1. The van der Waals surface area contributed by atoms with Crippen LogP contribution in [0.15, 0.2) is 29.6 Å². The highest BCUT2D eigenvalue weighted by Gasteiger charge is 2.10. The Bertz CT molecular complexity index is 494. The standard InChI is InChI=1S/C12H11F2NS/c1-15-6-9-5-8(7-16-9)10-3-2-4-11(13)12(10)14/h2-5,7,15H,6H2,1H3. The van der Waals surface area contributed by atoms with Crippen molar-refractivity contribution in [3.8, 4) is 11.1 Å². The number of halogens is 2. The second kappa shape index (κ2) is 4.72. The van der Waals surface area contributed by atoms with Crippen molar-refractivity contribution in [2.45, 2.75) is 6.54 Å². The zero-order valence-corrected chi connectivity index (χ0v) is 9.57. The van der Waals surface area contributed by atoms with E-state index in [0.29, 0.717) is 5.56 Å². The predicted octanol–water partition coefficient (Wildman–Crippen LogP) is 3.41. The van der Waals surface area contributed by atoms with Gasteiger partial charge >= 0.3 is 0 Å². The van der Waals surface area contributed by atoms with Crippen molar-refractivity contribution < 1.29 is 8.78 Å². The Kier molecular flexibility index (Phi) is 3.31. The second-order valence-corrected chi connectivity index (χ2v) is 4.43. The Morgan fingerprint density at radius 2 is 2.12 bits per heavy atom. The summed E-state index contributed by atoms with van der Waals surface area (Å²) in [4.78, 5) is 1.10. The molecule has 4 heteroatoms. The first-order chi connectivity index (χ1) is 7.72. The van der Waals surface area contributed by atoms with Crippen LogP contribution in [0.3, 0.4) is 0 Å². The summed E-state index contributed by atoms with van der Waals surface area (Å²) in [6.07, 6.45) is 0. The molecule has 1 aromatic carbocycles. The van der Waals surface area contributed by atoms with Gasteiger partial charge in [-0.15, -0.1) is 11.3 Å². The van der Waals surface area contributed by atoms with E-state index in [2.05, 4.69) is 5.32 Å². The highest BCUT2D eigenvalue weighted by molar-refractivity contribution is 7.10. The third kappa shape index (κ3) is 2.13. The summed E-state index contributed by atoms with van der Waals surface area (Å²) in [6, 6.07) is 6.10. The van der Waals surface area contributed by atoms with Crippen LogP contribution in [-0.2, 0) is 6.54 Å². The summed E-state index contributed by atoms with van der Waals surface area (Å²) < 4.78 is 26.5. The van der Waals surface area contributed by atoms with Crippen molar-refractivity contribution in [1.29, 1.82) is 0 Å². The molecule has 0 fully saturated rings. The average molecular weight is 239 g/mol. The maximum atomic E-state index is 13.5. The highest BCUT2D eigenvalue weighted by Crippen LogP contribution is 2.28.